The van der Waals surface area contributed by atoms with Crippen molar-refractivity contribution in [2.45, 2.75) is 6.54 Å². The summed E-state index contributed by atoms with van der Waals surface area (Å²) in [5, 5.41) is 3.25. The fourth-order valence-corrected chi connectivity index (χ4v) is 2.14. The SMILES string of the molecule is CS(=O)CCNCc1cccc2c1OCCO2. The van der Waals surface area contributed by atoms with Crippen molar-refractivity contribution in [2.75, 3.05) is 31.8 Å². The number of hydrogen-bond acceptors (Lipinski definition) is 4. The summed E-state index contributed by atoms with van der Waals surface area (Å²) in [7, 11) is -0.744. The summed E-state index contributed by atoms with van der Waals surface area (Å²) in [6, 6.07) is 5.89. The number of para-hydroxylation sites is 1. The maximum absolute atomic E-state index is 10.9. The zero-order valence-electron chi connectivity index (χ0n) is 9.90. The summed E-state index contributed by atoms with van der Waals surface area (Å²) < 4.78 is 22.0. The van der Waals surface area contributed by atoms with E-state index in [0.29, 0.717) is 25.5 Å². The zero-order valence-corrected chi connectivity index (χ0v) is 10.7. The molecule has 1 aliphatic heterocycles. The third-order valence-corrected chi connectivity index (χ3v) is 3.31. The fraction of sp³-hybridized carbons (Fsp3) is 0.500. The molecule has 0 radical (unpaired) electrons. The fourth-order valence-electron chi connectivity index (χ4n) is 1.71. The molecule has 1 aliphatic rings. The maximum atomic E-state index is 10.9. The van der Waals surface area contributed by atoms with Crippen LogP contribution in [0.2, 0.25) is 0 Å². The maximum Gasteiger partial charge on any atom is 0.165 e. The van der Waals surface area contributed by atoms with E-state index in [1.165, 1.54) is 0 Å². The second-order valence-electron chi connectivity index (χ2n) is 3.90. The molecule has 1 unspecified atom stereocenters. The summed E-state index contributed by atoms with van der Waals surface area (Å²) in [6.07, 6.45) is 1.71. The van der Waals surface area contributed by atoms with Crippen molar-refractivity contribution < 1.29 is 13.7 Å². The van der Waals surface area contributed by atoms with E-state index in [0.717, 1.165) is 23.6 Å². The summed E-state index contributed by atoms with van der Waals surface area (Å²) in [5.74, 6) is 2.32. The minimum absolute atomic E-state index is 0.600. The van der Waals surface area contributed by atoms with Gasteiger partial charge in [0.1, 0.15) is 13.2 Å². The molecule has 1 aromatic carbocycles. The van der Waals surface area contributed by atoms with Crippen LogP contribution in [0, 0.1) is 0 Å². The Hall–Kier alpha value is -1.07. The molecule has 1 aromatic rings. The molecule has 0 spiro atoms. The minimum Gasteiger partial charge on any atom is -0.486 e. The van der Waals surface area contributed by atoms with Gasteiger partial charge in [0.25, 0.3) is 0 Å². The van der Waals surface area contributed by atoms with Gasteiger partial charge in [0.2, 0.25) is 0 Å². The number of fused-ring (bicyclic) bond motifs is 1. The molecule has 4 nitrogen and oxygen atoms in total. The molecule has 0 saturated heterocycles. The van der Waals surface area contributed by atoms with Crippen LogP contribution in [0.25, 0.3) is 0 Å². The van der Waals surface area contributed by atoms with Gasteiger partial charge >= 0.3 is 0 Å². The Balaban J connectivity index is 1.94. The van der Waals surface area contributed by atoms with Crippen LogP contribution in [0.3, 0.4) is 0 Å². The average Bonchev–Trinajstić information content (AvgIpc) is 2.34. The highest BCUT2D eigenvalue weighted by molar-refractivity contribution is 7.84. The topological polar surface area (TPSA) is 47.6 Å². The Morgan fingerprint density at radius 2 is 2.18 bits per heavy atom. The van der Waals surface area contributed by atoms with Gasteiger partial charge in [-0.05, 0) is 6.07 Å². The Morgan fingerprint density at radius 1 is 1.35 bits per heavy atom. The highest BCUT2D eigenvalue weighted by Crippen LogP contribution is 2.33. The highest BCUT2D eigenvalue weighted by atomic mass is 32.2. The lowest BCUT2D eigenvalue weighted by molar-refractivity contribution is 0.169. The lowest BCUT2D eigenvalue weighted by atomic mass is 10.1. The largest absolute Gasteiger partial charge is 0.486 e. The van der Waals surface area contributed by atoms with Crippen molar-refractivity contribution in [3.8, 4) is 11.5 Å². The van der Waals surface area contributed by atoms with Crippen LogP contribution in [0.15, 0.2) is 18.2 Å². The Kier molecular flexibility index (Phi) is 4.39. The third-order valence-electron chi connectivity index (χ3n) is 2.53. The van der Waals surface area contributed by atoms with Gasteiger partial charge in [0.15, 0.2) is 11.5 Å². The molecule has 0 bridgehead atoms. The van der Waals surface area contributed by atoms with Crippen molar-refractivity contribution in [1.82, 2.24) is 5.32 Å². The predicted molar refractivity (Wildman–Crippen MR) is 68.1 cm³/mol. The molecule has 17 heavy (non-hydrogen) atoms. The van der Waals surface area contributed by atoms with Crippen LogP contribution >= 0.6 is 0 Å². The number of benzene rings is 1. The molecule has 0 aliphatic carbocycles. The molecule has 1 heterocycles. The van der Waals surface area contributed by atoms with E-state index < -0.39 is 10.8 Å². The van der Waals surface area contributed by atoms with E-state index in [1.54, 1.807) is 6.26 Å². The Bertz CT molecular complexity index is 409. The number of ether oxygens (including phenoxy) is 2. The van der Waals surface area contributed by atoms with E-state index in [1.807, 2.05) is 18.2 Å². The number of rotatable bonds is 5. The van der Waals surface area contributed by atoms with Gasteiger partial charge in [0, 0.05) is 41.5 Å². The summed E-state index contributed by atoms with van der Waals surface area (Å²) in [4.78, 5) is 0. The molecule has 0 saturated carbocycles. The molecule has 1 atom stereocenters. The van der Waals surface area contributed by atoms with Crippen molar-refractivity contribution >= 4 is 10.8 Å². The Labute approximate surface area is 104 Å². The van der Waals surface area contributed by atoms with Crippen LogP contribution in [-0.4, -0.2) is 36.0 Å². The first-order valence-electron chi connectivity index (χ1n) is 5.65. The van der Waals surface area contributed by atoms with Gasteiger partial charge < -0.3 is 14.8 Å². The van der Waals surface area contributed by atoms with E-state index in [-0.39, 0.29) is 0 Å². The van der Waals surface area contributed by atoms with E-state index in [4.69, 9.17) is 9.47 Å². The summed E-state index contributed by atoms with van der Waals surface area (Å²) >= 11 is 0. The number of nitrogens with one attached hydrogen (secondary N) is 1. The van der Waals surface area contributed by atoms with Gasteiger partial charge in [0.05, 0.1) is 0 Å². The minimum atomic E-state index is -0.744. The monoisotopic (exact) mass is 255 g/mol. The van der Waals surface area contributed by atoms with E-state index in [9.17, 15) is 4.21 Å². The van der Waals surface area contributed by atoms with E-state index in [2.05, 4.69) is 5.32 Å². The smallest absolute Gasteiger partial charge is 0.165 e. The molecule has 94 valence electrons. The molecule has 2 rings (SSSR count). The normalized spacial score (nSPS) is 15.6. The van der Waals surface area contributed by atoms with Crippen LogP contribution in [0.5, 0.6) is 11.5 Å². The standard InChI is InChI=1S/C12H17NO3S/c1-17(14)8-5-13-9-10-3-2-4-11-12(10)16-7-6-15-11/h2-4,13H,5-9H2,1H3. The van der Waals surface area contributed by atoms with Gasteiger partial charge in [-0.1, -0.05) is 12.1 Å². The molecular formula is C12H17NO3S. The first kappa shape index (κ1) is 12.4. The zero-order chi connectivity index (χ0) is 12.1. The number of hydrogen-bond donors (Lipinski definition) is 1. The predicted octanol–water partition coefficient (Wildman–Crippen LogP) is 0.926. The highest BCUT2D eigenvalue weighted by Gasteiger charge is 2.14. The van der Waals surface area contributed by atoms with Crippen LogP contribution in [0.1, 0.15) is 5.56 Å². The van der Waals surface area contributed by atoms with Gasteiger partial charge in [-0.2, -0.15) is 0 Å². The van der Waals surface area contributed by atoms with Gasteiger partial charge in [-0.25, -0.2) is 0 Å². The van der Waals surface area contributed by atoms with Gasteiger partial charge in [-0.3, -0.25) is 4.21 Å². The van der Waals surface area contributed by atoms with E-state index >= 15 is 0 Å². The molecular weight excluding hydrogens is 238 g/mol. The van der Waals surface area contributed by atoms with Gasteiger partial charge in [-0.15, -0.1) is 0 Å². The molecule has 0 amide bonds. The van der Waals surface area contributed by atoms with Crippen molar-refractivity contribution in [2.24, 2.45) is 0 Å². The van der Waals surface area contributed by atoms with Crippen LogP contribution in [-0.2, 0) is 17.3 Å². The lowest BCUT2D eigenvalue weighted by Crippen LogP contribution is -2.22. The van der Waals surface area contributed by atoms with Crippen molar-refractivity contribution in [3.05, 3.63) is 23.8 Å². The summed E-state index contributed by atoms with van der Waals surface area (Å²) in [5.41, 5.74) is 1.09. The average molecular weight is 255 g/mol. The Morgan fingerprint density at radius 3 is 3.00 bits per heavy atom. The molecule has 5 heteroatoms. The van der Waals surface area contributed by atoms with Crippen molar-refractivity contribution in [3.63, 3.8) is 0 Å². The molecule has 0 fully saturated rings. The first-order chi connectivity index (χ1) is 8.27. The first-order valence-corrected chi connectivity index (χ1v) is 7.38. The van der Waals surface area contributed by atoms with Crippen LogP contribution < -0.4 is 14.8 Å². The third kappa shape index (κ3) is 3.44. The lowest BCUT2D eigenvalue weighted by Gasteiger charge is -2.21. The molecule has 1 N–H and O–H groups in total. The summed E-state index contributed by atoms with van der Waals surface area (Å²) in [6.45, 7) is 2.67. The quantitative estimate of drug-likeness (QED) is 0.795. The second-order valence-corrected chi connectivity index (χ2v) is 5.45. The molecule has 0 aromatic heterocycles. The second kappa shape index (κ2) is 6.02. The van der Waals surface area contributed by atoms with Crippen LogP contribution in [0.4, 0.5) is 0 Å². The van der Waals surface area contributed by atoms with Crippen molar-refractivity contribution in [1.29, 1.82) is 0 Å².